The zero-order valence-electron chi connectivity index (χ0n) is 21.1. The number of allylic oxidation sites excluding steroid dienone is 1. The van der Waals surface area contributed by atoms with Gasteiger partial charge in [0, 0.05) is 57.1 Å². The van der Waals surface area contributed by atoms with E-state index in [1.807, 2.05) is 34.9 Å². The third kappa shape index (κ3) is 5.17. The van der Waals surface area contributed by atoms with Crippen molar-refractivity contribution in [2.24, 2.45) is 4.99 Å². The van der Waals surface area contributed by atoms with Crippen molar-refractivity contribution in [2.75, 3.05) is 32.6 Å². The third-order valence-electron chi connectivity index (χ3n) is 5.97. The van der Waals surface area contributed by atoms with Crippen LogP contribution in [-0.4, -0.2) is 55.8 Å². The van der Waals surface area contributed by atoms with Gasteiger partial charge in [0.2, 0.25) is 5.91 Å². The Balaban J connectivity index is 1.75. The van der Waals surface area contributed by atoms with Gasteiger partial charge >= 0.3 is 0 Å². The van der Waals surface area contributed by atoms with E-state index >= 15 is 0 Å². The Morgan fingerprint density at radius 3 is 2.47 bits per heavy atom. The number of carbonyl (C=O) groups excluding carboxylic acids is 1. The van der Waals surface area contributed by atoms with Gasteiger partial charge in [-0.05, 0) is 76.8 Å². The van der Waals surface area contributed by atoms with E-state index in [-0.39, 0.29) is 17.6 Å². The minimum atomic E-state index is -0.204. The molecule has 0 radical (unpaired) electrons. The molecule has 6 nitrogen and oxygen atoms in total. The predicted molar refractivity (Wildman–Crippen MR) is 133 cm³/mol. The highest BCUT2D eigenvalue weighted by Crippen LogP contribution is 2.43. The average Bonchev–Trinajstić information content (AvgIpc) is 2.67. The number of amides is 1. The standard InChI is InChI=1S/C26H38N4O2/c1-16-13-19-22(14-20(16)30(9)12-10-11-24(31)28-26(4,5)6)32-23-15-21(29(7)8)17(2)18(3)25(23)27-19/h13-15,22H,10-12H2,1-9H3,(H,28,31). The van der Waals surface area contributed by atoms with Crippen molar-refractivity contribution >= 4 is 23.0 Å². The van der Waals surface area contributed by atoms with Crippen LogP contribution in [0.1, 0.15) is 51.7 Å². The van der Waals surface area contributed by atoms with Gasteiger partial charge < -0.3 is 19.9 Å². The molecule has 32 heavy (non-hydrogen) atoms. The lowest BCUT2D eigenvalue weighted by molar-refractivity contribution is -0.122. The van der Waals surface area contributed by atoms with E-state index in [9.17, 15) is 4.79 Å². The van der Waals surface area contributed by atoms with Crippen molar-refractivity contribution in [1.29, 1.82) is 0 Å². The molecular formula is C26H38N4O2. The molecule has 1 amide bonds. The molecule has 3 rings (SSSR count). The number of benzene rings is 1. The topological polar surface area (TPSA) is 57.2 Å². The lowest BCUT2D eigenvalue weighted by Crippen LogP contribution is -2.40. The third-order valence-corrected chi connectivity index (χ3v) is 5.97. The van der Waals surface area contributed by atoms with Crippen LogP contribution in [-0.2, 0) is 4.79 Å². The van der Waals surface area contributed by atoms with Gasteiger partial charge in [0.25, 0.3) is 0 Å². The highest BCUT2D eigenvalue weighted by Gasteiger charge is 2.29. The molecule has 6 heteroatoms. The normalized spacial score (nSPS) is 17.3. The smallest absolute Gasteiger partial charge is 0.220 e. The molecule has 1 heterocycles. The molecule has 0 fully saturated rings. The lowest BCUT2D eigenvalue weighted by atomic mass is 9.97. The van der Waals surface area contributed by atoms with Crippen molar-refractivity contribution in [2.45, 2.75) is 66.0 Å². The van der Waals surface area contributed by atoms with Gasteiger partial charge in [-0.25, -0.2) is 4.99 Å². The maximum atomic E-state index is 12.1. The Kier molecular flexibility index (Phi) is 6.72. The van der Waals surface area contributed by atoms with Crippen LogP contribution in [0.4, 0.5) is 11.4 Å². The number of anilines is 1. The van der Waals surface area contributed by atoms with Gasteiger partial charge in [0.1, 0.15) is 11.4 Å². The van der Waals surface area contributed by atoms with E-state index in [2.05, 4.69) is 61.2 Å². The molecule has 0 saturated carbocycles. The van der Waals surface area contributed by atoms with Gasteiger partial charge in [-0.1, -0.05) is 0 Å². The van der Waals surface area contributed by atoms with Gasteiger partial charge in [-0.2, -0.15) is 0 Å². The fourth-order valence-corrected chi connectivity index (χ4v) is 4.25. The minimum Gasteiger partial charge on any atom is -0.478 e. The van der Waals surface area contributed by atoms with Crippen molar-refractivity contribution in [3.8, 4) is 5.75 Å². The highest BCUT2D eigenvalue weighted by atomic mass is 16.5. The Morgan fingerprint density at radius 1 is 1.16 bits per heavy atom. The number of hydrogen-bond donors (Lipinski definition) is 1. The summed E-state index contributed by atoms with van der Waals surface area (Å²) in [6.07, 6.45) is 5.38. The first-order valence-electron chi connectivity index (χ1n) is 11.4. The van der Waals surface area contributed by atoms with E-state index in [4.69, 9.17) is 9.73 Å². The van der Waals surface area contributed by atoms with Gasteiger partial charge in [0.05, 0.1) is 5.71 Å². The fraction of sp³-hybridized carbons (Fsp3) is 0.538. The molecule has 0 bridgehead atoms. The summed E-state index contributed by atoms with van der Waals surface area (Å²) in [4.78, 5) is 21.4. The van der Waals surface area contributed by atoms with Gasteiger partial charge in [-0.15, -0.1) is 0 Å². The molecule has 1 unspecified atom stereocenters. The molecular weight excluding hydrogens is 400 g/mol. The molecule has 1 atom stereocenters. The number of fused-ring (bicyclic) bond motifs is 2. The molecule has 0 spiro atoms. The van der Waals surface area contributed by atoms with Crippen LogP contribution >= 0.6 is 0 Å². The van der Waals surface area contributed by atoms with Crippen LogP contribution < -0.4 is 15.0 Å². The first kappa shape index (κ1) is 23.9. The number of aliphatic imine (C=N–C) groups is 1. The van der Waals surface area contributed by atoms with Crippen LogP contribution in [0.3, 0.4) is 0 Å². The van der Waals surface area contributed by atoms with Crippen molar-refractivity contribution < 1.29 is 9.53 Å². The van der Waals surface area contributed by atoms with Crippen LogP contribution in [0.15, 0.2) is 34.5 Å². The maximum absolute atomic E-state index is 12.1. The fourth-order valence-electron chi connectivity index (χ4n) is 4.25. The summed E-state index contributed by atoms with van der Waals surface area (Å²) in [5.41, 5.74) is 7.50. The van der Waals surface area contributed by atoms with E-state index in [0.717, 1.165) is 52.6 Å². The minimum absolute atomic E-state index is 0.0970. The number of carbonyl (C=O) groups is 1. The monoisotopic (exact) mass is 438 g/mol. The molecule has 1 aliphatic carbocycles. The Morgan fingerprint density at radius 2 is 1.84 bits per heavy atom. The van der Waals surface area contributed by atoms with Gasteiger partial charge in [-0.3, -0.25) is 4.79 Å². The molecule has 0 saturated heterocycles. The summed E-state index contributed by atoms with van der Waals surface area (Å²) in [5, 5.41) is 3.03. The summed E-state index contributed by atoms with van der Waals surface area (Å²) in [6.45, 7) is 13.2. The largest absolute Gasteiger partial charge is 0.478 e. The van der Waals surface area contributed by atoms with E-state index in [0.29, 0.717) is 6.42 Å². The number of hydrogen-bond acceptors (Lipinski definition) is 5. The number of ether oxygens (including phenoxy) is 1. The molecule has 1 aromatic carbocycles. The summed E-state index contributed by atoms with van der Waals surface area (Å²) in [5.74, 6) is 0.926. The highest BCUT2D eigenvalue weighted by molar-refractivity contribution is 6.05. The quantitative estimate of drug-likeness (QED) is 0.701. The maximum Gasteiger partial charge on any atom is 0.220 e. The Hall–Kier alpha value is -2.76. The molecule has 1 N–H and O–H groups in total. The summed E-state index contributed by atoms with van der Waals surface area (Å²) >= 11 is 0. The molecule has 0 aromatic heterocycles. The number of rotatable bonds is 6. The Bertz CT molecular complexity index is 996. The van der Waals surface area contributed by atoms with Crippen molar-refractivity contribution in [1.82, 2.24) is 10.2 Å². The van der Waals surface area contributed by atoms with Crippen LogP contribution in [0.25, 0.3) is 0 Å². The van der Waals surface area contributed by atoms with Crippen LogP contribution in [0, 0.1) is 13.8 Å². The number of nitrogens with zero attached hydrogens (tertiary/aromatic N) is 3. The van der Waals surface area contributed by atoms with E-state index in [1.165, 1.54) is 5.56 Å². The van der Waals surface area contributed by atoms with Crippen molar-refractivity contribution in [3.63, 3.8) is 0 Å². The van der Waals surface area contributed by atoms with E-state index < -0.39 is 0 Å². The van der Waals surface area contributed by atoms with Crippen molar-refractivity contribution in [3.05, 3.63) is 40.6 Å². The average molecular weight is 439 g/mol. The first-order valence-corrected chi connectivity index (χ1v) is 11.4. The SMILES string of the molecule is CC1=CC2=Nc3c(cc(N(C)C)c(C)c3C)OC2C=C1N(C)CCCC(=O)NC(C)(C)C. The molecule has 2 aliphatic rings. The molecule has 174 valence electrons. The second-order valence-electron chi connectivity index (χ2n) is 10.2. The van der Waals surface area contributed by atoms with Gasteiger partial charge in [0.15, 0.2) is 6.10 Å². The second kappa shape index (κ2) is 9.00. The molecule has 1 aromatic rings. The van der Waals surface area contributed by atoms with E-state index in [1.54, 1.807) is 0 Å². The summed E-state index contributed by atoms with van der Waals surface area (Å²) in [6, 6.07) is 2.09. The zero-order chi connectivity index (χ0) is 23.8. The van der Waals surface area contributed by atoms with Crippen LogP contribution in [0.5, 0.6) is 5.75 Å². The number of likely N-dealkylation sites (N-methyl/N-ethyl adjacent to an activating group) is 1. The summed E-state index contributed by atoms with van der Waals surface area (Å²) < 4.78 is 6.42. The second-order valence-corrected chi connectivity index (χ2v) is 10.2. The lowest BCUT2D eigenvalue weighted by Gasteiger charge is -2.32. The zero-order valence-corrected chi connectivity index (χ0v) is 21.1. The number of nitrogens with one attached hydrogen (secondary N) is 1. The molecule has 1 aliphatic heterocycles. The van der Waals surface area contributed by atoms with Crippen LogP contribution in [0.2, 0.25) is 0 Å². The first-order chi connectivity index (χ1) is 14.9. The Labute approximate surface area is 193 Å². The predicted octanol–water partition coefficient (Wildman–Crippen LogP) is 4.67. The summed E-state index contributed by atoms with van der Waals surface area (Å²) in [7, 11) is 6.17.